The highest BCUT2D eigenvalue weighted by atomic mass is 35.5. The number of rotatable bonds is 9. The number of ether oxygens (including phenoxy) is 1. The highest BCUT2D eigenvalue weighted by Crippen LogP contribution is 2.10. The van der Waals surface area contributed by atoms with Gasteiger partial charge in [-0.05, 0) is 43.5 Å². The summed E-state index contributed by atoms with van der Waals surface area (Å²) >= 11 is 5.81. The van der Waals surface area contributed by atoms with E-state index in [1.165, 1.54) is 0 Å². The van der Waals surface area contributed by atoms with Crippen molar-refractivity contribution in [3.05, 3.63) is 34.9 Å². The number of hydrogen-bond acceptors (Lipinski definition) is 4. The largest absolute Gasteiger partial charge is 0.466 e. The van der Waals surface area contributed by atoms with E-state index in [2.05, 4.69) is 10.6 Å². The number of carbonyl (C=O) groups excluding carboxylic acids is 3. The number of hydrogen-bond donors (Lipinski definition) is 2. The first-order chi connectivity index (χ1) is 11.8. The highest BCUT2D eigenvalue weighted by molar-refractivity contribution is 6.30. The van der Waals surface area contributed by atoms with Crippen LogP contribution in [-0.4, -0.2) is 37.0 Å². The molecule has 1 aromatic carbocycles. The van der Waals surface area contributed by atoms with Gasteiger partial charge in [-0.25, -0.2) is 0 Å². The molecule has 0 aliphatic rings. The zero-order valence-corrected chi connectivity index (χ0v) is 15.6. The molecule has 0 heterocycles. The Hall–Kier alpha value is -2.08. The monoisotopic (exact) mass is 368 g/mol. The van der Waals surface area contributed by atoms with E-state index in [-0.39, 0.29) is 30.1 Å². The van der Waals surface area contributed by atoms with Crippen LogP contribution in [0.25, 0.3) is 0 Å². The molecular formula is C18H25ClN2O4. The number of carbonyl (C=O) groups is 3. The first-order valence-electron chi connectivity index (χ1n) is 8.35. The first kappa shape index (κ1) is 21.0. The van der Waals surface area contributed by atoms with Gasteiger partial charge in [0.2, 0.25) is 5.91 Å². The molecule has 0 saturated carbocycles. The zero-order valence-electron chi connectivity index (χ0n) is 14.8. The quantitative estimate of drug-likeness (QED) is 0.518. The third-order valence-electron chi connectivity index (χ3n) is 3.50. The second-order valence-electron chi connectivity index (χ2n) is 5.90. The van der Waals surface area contributed by atoms with E-state index in [4.69, 9.17) is 16.3 Å². The summed E-state index contributed by atoms with van der Waals surface area (Å²) in [5.74, 6) is -0.979. The fourth-order valence-corrected chi connectivity index (χ4v) is 2.27. The average Bonchev–Trinajstić information content (AvgIpc) is 2.56. The van der Waals surface area contributed by atoms with Gasteiger partial charge < -0.3 is 15.4 Å². The van der Waals surface area contributed by atoms with Gasteiger partial charge in [0.1, 0.15) is 6.04 Å². The van der Waals surface area contributed by atoms with Crippen LogP contribution in [0.4, 0.5) is 0 Å². The fraction of sp³-hybridized carbons (Fsp3) is 0.500. The van der Waals surface area contributed by atoms with E-state index in [1.807, 2.05) is 13.8 Å². The molecule has 2 amide bonds. The molecule has 1 unspecified atom stereocenters. The van der Waals surface area contributed by atoms with Crippen LogP contribution in [0.3, 0.4) is 0 Å². The van der Waals surface area contributed by atoms with Gasteiger partial charge in [-0.15, -0.1) is 0 Å². The number of nitrogens with one attached hydrogen (secondary N) is 2. The Morgan fingerprint density at radius 1 is 1.16 bits per heavy atom. The van der Waals surface area contributed by atoms with Crippen LogP contribution in [0.1, 0.15) is 44.0 Å². The predicted octanol–water partition coefficient (Wildman–Crippen LogP) is 2.55. The molecule has 6 nitrogen and oxygen atoms in total. The summed E-state index contributed by atoms with van der Waals surface area (Å²) in [6, 6.07) is 5.79. The highest BCUT2D eigenvalue weighted by Gasteiger charge is 2.24. The normalized spacial score (nSPS) is 11.7. The molecule has 2 N–H and O–H groups in total. The van der Waals surface area contributed by atoms with E-state index >= 15 is 0 Å². The third kappa shape index (κ3) is 7.56. The van der Waals surface area contributed by atoms with Gasteiger partial charge in [0.15, 0.2) is 0 Å². The smallest absolute Gasteiger partial charge is 0.305 e. The Balaban J connectivity index is 2.52. The number of halogens is 1. The van der Waals surface area contributed by atoms with Crippen LogP contribution in [0, 0.1) is 5.92 Å². The van der Waals surface area contributed by atoms with Gasteiger partial charge in [0, 0.05) is 23.6 Å². The van der Waals surface area contributed by atoms with Crippen LogP contribution >= 0.6 is 11.6 Å². The summed E-state index contributed by atoms with van der Waals surface area (Å²) in [4.78, 5) is 35.8. The second-order valence-corrected chi connectivity index (χ2v) is 6.34. The van der Waals surface area contributed by atoms with E-state index in [0.717, 1.165) is 0 Å². The maximum atomic E-state index is 12.3. The first-order valence-corrected chi connectivity index (χ1v) is 8.72. The van der Waals surface area contributed by atoms with E-state index in [9.17, 15) is 14.4 Å². The topological polar surface area (TPSA) is 84.5 Å². The third-order valence-corrected chi connectivity index (χ3v) is 3.76. The number of esters is 1. The number of amides is 2. The standard InChI is InChI=1S/C18H25ClN2O4/c1-4-25-15(22)6-5-11-20-18(24)16(12(2)3)21-17(23)13-7-9-14(19)10-8-13/h7-10,12,16H,4-6,11H2,1-3H3,(H,20,24)(H,21,23). The van der Waals surface area contributed by atoms with Crippen LogP contribution < -0.4 is 10.6 Å². The minimum atomic E-state index is -0.661. The van der Waals surface area contributed by atoms with Gasteiger partial charge in [0.05, 0.1) is 6.61 Å². The summed E-state index contributed by atoms with van der Waals surface area (Å²) < 4.78 is 4.83. The molecule has 0 aliphatic heterocycles. The predicted molar refractivity (Wildman–Crippen MR) is 96.4 cm³/mol. The average molecular weight is 369 g/mol. The SMILES string of the molecule is CCOC(=O)CCCNC(=O)C(NC(=O)c1ccc(Cl)cc1)C(C)C. The molecule has 1 aromatic rings. The number of benzene rings is 1. The molecule has 1 atom stereocenters. The Labute approximate surface area is 153 Å². The summed E-state index contributed by atoms with van der Waals surface area (Å²) in [7, 11) is 0. The molecule has 0 saturated heterocycles. The Morgan fingerprint density at radius 2 is 1.80 bits per heavy atom. The molecule has 0 aromatic heterocycles. The van der Waals surface area contributed by atoms with Crippen molar-refractivity contribution in [1.82, 2.24) is 10.6 Å². The maximum Gasteiger partial charge on any atom is 0.305 e. The van der Waals surface area contributed by atoms with Crippen molar-refractivity contribution in [3.8, 4) is 0 Å². The zero-order chi connectivity index (χ0) is 18.8. The van der Waals surface area contributed by atoms with Crippen molar-refractivity contribution in [2.24, 2.45) is 5.92 Å². The van der Waals surface area contributed by atoms with Crippen molar-refractivity contribution in [3.63, 3.8) is 0 Å². The lowest BCUT2D eigenvalue weighted by molar-refractivity contribution is -0.143. The van der Waals surface area contributed by atoms with E-state index in [0.29, 0.717) is 30.2 Å². The summed E-state index contributed by atoms with van der Waals surface area (Å²) in [5.41, 5.74) is 0.435. The van der Waals surface area contributed by atoms with Gasteiger partial charge in [0.25, 0.3) is 5.91 Å². The summed E-state index contributed by atoms with van der Waals surface area (Å²) in [6.45, 7) is 6.14. The Bertz CT molecular complexity index is 587. The lowest BCUT2D eigenvalue weighted by Gasteiger charge is -2.21. The maximum absolute atomic E-state index is 12.3. The van der Waals surface area contributed by atoms with E-state index in [1.54, 1.807) is 31.2 Å². The van der Waals surface area contributed by atoms with Crippen molar-refractivity contribution in [1.29, 1.82) is 0 Å². The molecule has 138 valence electrons. The minimum Gasteiger partial charge on any atom is -0.466 e. The van der Waals surface area contributed by atoms with E-state index < -0.39 is 6.04 Å². The molecule has 0 radical (unpaired) electrons. The van der Waals surface area contributed by atoms with Crippen LogP contribution in [0.5, 0.6) is 0 Å². The minimum absolute atomic E-state index is 0.0821. The molecule has 0 spiro atoms. The van der Waals surface area contributed by atoms with Crippen LogP contribution in [0.15, 0.2) is 24.3 Å². The van der Waals surface area contributed by atoms with Crippen molar-refractivity contribution in [2.75, 3.05) is 13.2 Å². The molecule has 0 fully saturated rings. The molecule has 1 rings (SSSR count). The molecule has 7 heteroatoms. The van der Waals surface area contributed by atoms with Gasteiger partial charge in [-0.2, -0.15) is 0 Å². The summed E-state index contributed by atoms with van der Waals surface area (Å²) in [5, 5.41) is 6.02. The van der Waals surface area contributed by atoms with Crippen LogP contribution in [-0.2, 0) is 14.3 Å². The molecule has 0 aliphatic carbocycles. The lowest BCUT2D eigenvalue weighted by atomic mass is 10.0. The van der Waals surface area contributed by atoms with Gasteiger partial charge in [-0.1, -0.05) is 25.4 Å². The Kier molecular flexibility index (Phi) is 8.99. The van der Waals surface area contributed by atoms with Crippen molar-refractivity contribution in [2.45, 2.75) is 39.7 Å². The van der Waals surface area contributed by atoms with Crippen molar-refractivity contribution >= 4 is 29.4 Å². The molecule has 25 heavy (non-hydrogen) atoms. The lowest BCUT2D eigenvalue weighted by Crippen LogP contribution is -2.49. The summed E-state index contributed by atoms with van der Waals surface area (Å²) in [6.07, 6.45) is 0.734. The van der Waals surface area contributed by atoms with Gasteiger partial charge in [-0.3, -0.25) is 14.4 Å². The van der Waals surface area contributed by atoms with Gasteiger partial charge >= 0.3 is 5.97 Å². The second kappa shape index (κ2) is 10.7. The molecular weight excluding hydrogens is 344 g/mol. The van der Waals surface area contributed by atoms with Crippen molar-refractivity contribution < 1.29 is 19.1 Å². The van der Waals surface area contributed by atoms with Crippen LogP contribution in [0.2, 0.25) is 5.02 Å². The fourth-order valence-electron chi connectivity index (χ4n) is 2.15. The molecule has 0 bridgehead atoms. The Morgan fingerprint density at radius 3 is 2.36 bits per heavy atom.